The third-order valence-corrected chi connectivity index (χ3v) is 4.30. The van der Waals surface area contributed by atoms with Crippen molar-refractivity contribution in [2.24, 2.45) is 5.92 Å². The number of hydrogen-bond donors (Lipinski definition) is 3. The molecule has 0 radical (unpaired) electrons. The second kappa shape index (κ2) is 6.55. The van der Waals surface area contributed by atoms with Gasteiger partial charge in [-0.1, -0.05) is 25.0 Å². The van der Waals surface area contributed by atoms with E-state index in [-0.39, 0.29) is 6.10 Å². The molecule has 1 aliphatic rings. The molecule has 0 amide bonds. The largest absolute Gasteiger partial charge is 0.506 e. The van der Waals surface area contributed by atoms with E-state index in [0.29, 0.717) is 18.2 Å². The predicted octanol–water partition coefficient (Wildman–Crippen LogP) is 2.80. The lowest BCUT2D eigenvalue weighted by Crippen LogP contribution is -2.33. The zero-order chi connectivity index (χ0) is 13.0. The van der Waals surface area contributed by atoms with E-state index in [4.69, 9.17) is 0 Å². The predicted molar refractivity (Wildman–Crippen MR) is 75.5 cm³/mol. The third kappa shape index (κ3) is 3.46. The summed E-state index contributed by atoms with van der Waals surface area (Å²) in [5.41, 5.74) is 0.884. The van der Waals surface area contributed by atoms with Crippen molar-refractivity contribution >= 4 is 15.9 Å². The minimum atomic E-state index is -0.164. The lowest BCUT2D eigenvalue weighted by Gasteiger charge is -2.27. The van der Waals surface area contributed by atoms with E-state index < -0.39 is 0 Å². The number of hydrogen-bond acceptors (Lipinski definition) is 3. The fourth-order valence-electron chi connectivity index (χ4n) is 2.52. The van der Waals surface area contributed by atoms with Crippen LogP contribution in [0.2, 0.25) is 0 Å². The zero-order valence-corrected chi connectivity index (χ0v) is 12.0. The number of rotatable bonds is 4. The maximum Gasteiger partial charge on any atom is 0.134 e. The van der Waals surface area contributed by atoms with Crippen molar-refractivity contribution < 1.29 is 10.2 Å². The second-order valence-electron chi connectivity index (χ2n) is 4.99. The van der Waals surface area contributed by atoms with Crippen LogP contribution in [0.3, 0.4) is 0 Å². The number of aliphatic hydroxyl groups excluding tert-OH is 1. The highest BCUT2D eigenvalue weighted by atomic mass is 79.9. The van der Waals surface area contributed by atoms with Crippen molar-refractivity contribution in [3.8, 4) is 5.75 Å². The Morgan fingerprint density at radius 3 is 2.83 bits per heavy atom. The van der Waals surface area contributed by atoms with E-state index in [1.165, 1.54) is 6.42 Å². The molecule has 0 aliphatic heterocycles. The smallest absolute Gasteiger partial charge is 0.134 e. The summed E-state index contributed by atoms with van der Waals surface area (Å²) in [7, 11) is 0. The first-order valence-electron chi connectivity index (χ1n) is 6.53. The van der Waals surface area contributed by atoms with Crippen LogP contribution in [0.25, 0.3) is 0 Å². The normalized spacial score (nSPS) is 24.1. The van der Waals surface area contributed by atoms with E-state index in [1.54, 1.807) is 0 Å². The van der Waals surface area contributed by atoms with Gasteiger partial charge in [-0.3, -0.25) is 0 Å². The molecular weight excluding hydrogens is 294 g/mol. The van der Waals surface area contributed by atoms with E-state index in [0.717, 1.165) is 35.8 Å². The maximum atomic E-state index is 9.87. The fourth-order valence-corrected chi connectivity index (χ4v) is 2.93. The van der Waals surface area contributed by atoms with Crippen LogP contribution in [0.1, 0.15) is 31.2 Å². The van der Waals surface area contributed by atoms with Crippen molar-refractivity contribution in [1.82, 2.24) is 5.32 Å². The van der Waals surface area contributed by atoms with Gasteiger partial charge in [0.25, 0.3) is 0 Å². The van der Waals surface area contributed by atoms with Crippen molar-refractivity contribution in [3.05, 3.63) is 28.2 Å². The zero-order valence-electron chi connectivity index (χ0n) is 10.4. The monoisotopic (exact) mass is 313 g/mol. The van der Waals surface area contributed by atoms with Crippen LogP contribution in [-0.2, 0) is 6.54 Å². The minimum absolute atomic E-state index is 0.164. The summed E-state index contributed by atoms with van der Waals surface area (Å²) in [6, 6.07) is 5.64. The molecule has 1 aromatic rings. The molecule has 0 saturated heterocycles. The number of nitrogens with one attached hydrogen (secondary N) is 1. The maximum absolute atomic E-state index is 9.87. The van der Waals surface area contributed by atoms with Crippen LogP contribution < -0.4 is 5.32 Å². The van der Waals surface area contributed by atoms with Crippen LogP contribution >= 0.6 is 15.9 Å². The molecule has 18 heavy (non-hydrogen) atoms. The number of benzene rings is 1. The molecule has 0 bridgehead atoms. The molecule has 2 rings (SSSR count). The van der Waals surface area contributed by atoms with Crippen LogP contribution in [0.15, 0.2) is 22.7 Å². The van der Waals surface area contributed by atoms with Crippen molar-refractivity contribution in [2.75, 3.05) is 6.54 Å². The Labute approximate surface area is 116 Å². The number of aliphatic hydroxyl groups is 1. The van der Waals surface area contributed by atoms with Gasteiger partial charge >= 0.3 is 0 Å². The summed E-state index contributed by atoms with van der Waals surface area (Å²) in [5, 5.41) is 23.0. The average Bonchev–Trinajstić information content (AvgIpc) is 2.37. The van der Waals surface area contributed by atoms with Crippen molar-refractivity contribution in [1.29, 1.82) is 0 Å². The molecule has 1 aliphatic carbocycles. The van der Waals surface area contributed by atoms with Gasteiger partial charge < -0.3 is 15.5 Å². The first-order chi connectivity index (χ1) is 8.68. The minimum Gasteiger partial charge on any atom is -0.506 e. The SMILES string of the molecule is Oc1c(Br)cccc1CNCC1CCCCC1O. The van der Waals surface area contributed by atoms with Gasteiger partial charge in [0.15, 0.2) is 0 Å². The van der Waals surface area contributed by atoms with Gasteiger partial charge in [0, 0.05) is 18.7 Å². The Morgan fingerprint density at radius 1 is 1.28 bits per heavy atom. The molecule has 1 fully saturated rings. The standard InChI is InChI=1S/C14H20BrNO2/c15-12-6-3-5-11(14(12)18)9-16-8-10-4-1-2-7-13(10)17/h3,5-6,10,13,16-18H,1-2,4,7-9H2. The second-order valence-corrected chi connectivity index (χ2v) is 5.84. The van der Waals surface area contributed by atoms with Crippen LogP contribution in [-0.4, -0.2) is 22.9 Å². The molecule has 1 aromatic carbocycles. The van der Waals surface area contributed by atoms with Gasteiger partial charge in [0.2, 0.25) is 0 Å². The summed E-state index contributed by atoms with van der Waals surface area (Å²) in [6.07, 6.45) is 4.21. The molecule has 0 spiro atoms. The number of aromatic hydroxyl groups is 1. The molecule has 2 unspecified atom stereocenters. The lowest BCUT2D eigenvalue weighted by atomic mass is 9.86. The van der Waals surface area contributed by atoms with Crippen LogP contribution in [0, 0.1) is 5.92 Å². The van der Waals surface area contributed by atoms with Crippen molar-refractivity contribution in [3.63, 3.8) is 0 Å². The van der Waals surface area contributed by atoms with Gasteiger partial charge in [0.1, 0.15) is 5.75 Å². The Morgan fingerprint density at radius 2 is 2.06 bits per heavy atom. The Kier molecular flexibility index (Phi) is 5.03. The molecular formula is C14H20BrNO2. The summed E-state index contributed by atoms with van der Waals surface area (Å²) in [5.74, 6) is 0.655. The average molecular weight is 314 g/mol. The van der Waals surface area contributed by atoms with Gasteiger partial charge in [0.05, 0.1) is 10.6 Å². The molecule has 0 heterocycles. The molecule has 3 nitrogen and oxygen atoms in total. The van der Waals surface area contributed by atoms with Gasteiger partial charge in [-0.25, -0.2) is 0 Å². The van der Waals surface area contributed by atoms with Crippen molar-refractivity contribution in [2.45, 2.75) is 38.3 Å². The van der Waals surface area contributed by atoms with Crippen LogP contribution in [0.4, 0.5) is 0 Å². The molecule has 2 atom stereocenters. The van der Waals surface area contributed by atoms with Gasteiger partial charge in [-0.05, 0) is 40.8 Å². The van der Waals surface area contributed by atoms with E-state index >= 15 is 0 Å². The highest BCUT2D eigenvalue weighted by Crippen LogP contribution is 2.27. The quantitative estimate of drug-likeness (QED) is 0.801. The number of para-hydroxylation sites is 1. The lowest BCUT2D eigenvalue weighted by molar-refractivity contribution is 0.0695. The fraction of sp³-hybridized carbons (Fsp3) is 0.571. The molecule has 4 heteroatoms. The Hall–Kier alpha value is -0.580. The van der Waals surface area contributed by atoms with E-state index in [9.17, 15) is 10.2 Å². The first-order valence-corrected chi connectivity index (χ1v) is 7.33. The van der Waals surface area contributed by atoms with Gasteiger partial charge in [-0.15, -0.1) is 0 Å². The number of phenols is 1. The Bertz CT molecular complexity index is 397. The van der Waals surface area contributed by atoms with E-state index in [1.807, 2.05) is 18.2 Å². The highest BCUT2D eigenvalue weighted by molar-refractivity contribution is 9.10. The summed E-state index contributed by atoms with van der Waals surface area (Å²) < 4.78 is 0.722. The molecule has 100 valence electrons. The third-order valence-electron chi connectivity index (χ3n) is 3.66. The van der Waals surface area contributed by atoms with Crippen LogP contribution in [0.5, 0.6) is 5.75 Å². The first kappa shape index (κ1) is 13.8. The van der Waals surface area contributed by atoms with Gasteiger partial charge in [-0.2, -0.15) is 0 Å². The Balaban J connectivity index is 1.83. The summed E-state index contributed by atoms with van der Waals surface area (Å²) in [6.45, 7) is 1.45. The number of phenolic OH excluding ortho intramolecular Hbond substituents is 1. The topological polar surface area (TPSA) is 52.5 Å². The molecule has 1 saturated carbocycles. The molecule has 3 N–H and O–H groups in total. The summed E-state index contributed by atoms with van der Waals surface area (Å²) >= 11 is 3.31. The summed E-state index contributed by atoms with van der Waals surface area (Å²) in [4.78, 5) is 0. The molecule has 0 aromatic heterocycles. The highest BCUT2D eigenvalue weighted by Gasteiger charge is 2.22. The van der Waals surface area contributed by atoms with E-state index in [2.05, 4.69) is 21.2 Å². The number of halogens is 1.